The molecule has 4 heteroatoms. The average molecular weight is 222 g/mol. The van der Waals surface area contributed by atoms with E-state index in [-0.39, 0.29) is 17.5 Å². The van der Waals surface area contributed by atoms with Gasteiger partial charge in [-0.05, 0) is 6.07 Å². The Balaban J connectivity index is 1.95. The van der Waals surface area contributed by atoms with Crippen molar-refractivity contribution in [1.29, 1.82) is 0 Å². The van der Waals surface area contributed by atoms with Crippen LogP contribution in [0.1, 0.15) is 11.6 Å². The molecule has 0 amide bonds. The highest BCUT2D eigenvalue weighted by Gasteiger charge is 2.48. The van der Waals surface area contributed by atoms with Gasteiger partial charge in [-0.15, -0.1) is 0 Å². The fourth-order valence-corrected chi connectivity index (χ4v) is 2.51. The maximum Gasteiger partial charge on any atom is 0.128 e. The molecule has 1 unspecified atom stereocenters. The lowest BCUT2D eigenvalue weighted by Crippen LogP contribution is -2.69. The summed E-state index contributed by atoms with van der Waals surface area (Å²) in [7, 11) is 0. The molecule has 1 spiro atoms. The number of halogens is 1. The molecule has 2 aliphatic heterocycles. The van der Waals surface area contributed by atoms with Gasteiger partial charge in [0.1, 0.15) is 11.4 Å². The predicted octanol–water partition coefficient (Wildman–Crippen LogP) is 0.829. The van der Waals surface area contributed by atoms with Gasteiger partial charge in [0.15, 0.2) is 0 Å². The second kappa shape index (κ2) is 3.80. The summed E-state index contributed by atoms with van der Waals surface area (Å²) in [6.07, 6.45) is 0. The van der Waals surface area contributed by atoms with Crippen molar-refractivity contribution in [2.45, 2.75) is 11.6 Å². The Morgan fingerprint density at radius 2 is 2.12 bits per heavy atom. The van der Waals surface area contributed by atoms with E-state index >= 15 is 0 Å². The molecule has 0 bridgehead atoms. The average Bonchev–Trinajstić information content (AvgIpc) is 2.28. The second-order valence-corrected chi connectivity index (χ2v) is 4.43. The van der Waals surface area contributed by atoms with Crippen molar-refractivity contribution in [2.75, 3.05) is 26.2 Å². The summed E-state index contributed by atoms with van der Waals surface area (Å²) < 4.78 is 19.6. The Labute approximate surface area is 94.0 Å². The van der Waals surface area contributed by atoms with Crippen LogP contribution < -0.4 is 10.6 Å². The van der Waals surface area contributed by atoms with Crippen LogP contribution in [0.3, 0.4) is 0 Å². The smallest absolute Gasteiger partial charge is 0.128 e. The minimum Gasteiger partial charge on any atom is -0.369 e. The number of hydrogen-bond donors (Lipinski definition) is 2. The highest BCUT2D eigenvalue weighted by molar-refractivity contribution is 5.27. The van der Waals surface area contributed by atoms with Crippen LogP contribution >= 0.6 is 0 Å². The summed E-state index contributed by atoms with van der Waals surface area (Å²) in [5.74, 6) is -0.156. The largest absolute Gasteiger partial charge is 0.369 e. The molecule has 0 aliphatic carbocycles. The predicted molar refractivity (Wildman–Crippen MR) is 58.7 cm³/mol. The third kappa shape index (κ3) is 1.45. The molecule has 1 atom stereocenters. The summed E-state index contributed by atoms with van der Waals surface area (Å²) in [6, 6.07) is 6.89. The van der Waals surface area contributed by atoms with Gasteiger partial charge in [-0.2, -0.15) is 0 Å². The monoisotopic (exact) mass is 222 g/mol. The Kier molecular flexibility index (Phi) is 2.42. The molecule has 2 N–H and O–H groups in total. The van der Waals surface area contributed by atoms with Gasteiger partial charge in [-0.3, -0.25) is 0 Å². The number of benzene rings is 1. The van der Waals surface area contributed by atoms with Crippen molar-refractivity contribution >= 4 is 0 Å². The van der Waals surface area contributed by atoms with Gasteiger partial charge in [0.2, 0.25) is 0 Å². The first-order valence-electron chi connectivity index (χ1n) is 5.64. The molecule has 0 saturated carbocycles. The summed E-state index contributed by atoms with van der Waals surface area (Å²) in [6.45, 7) is 3.06. The van der Waals surface area contributed by atoms with Crippen molar-refractivity contribution in [3.8, 4) is 0 Å². The van der Waals surface area contributed by atoms with Crippen LogP contribution in [0, 0.1) is 5.82 Å². The highest BCUT2D eigenvalue weighted by atomic mass is 19.1. The highest BCUT2D eigenvalue weighted by Crippen LogP contribution is 2.35. The number of nitrogens with one attached hydrogen (secondary N) is 2. The van der Waals surface area contributed by atoms with Crippen molar-refractivity contribution in [3.05, 3.63) is 35.6 Å². The van der Waals surface area contributed by atoms with E-state index in [9.17, 15) is 4.39 Å². The van der Waals surface area contributed by atoms with Gasteiger partial charge in [0.05, 0.1) is 12.6 Å². The van der Waals surface area contributed by atoms with Gasteiger partial charge < -0.3 is 15.4 Å². The Morgan fingerprint density at radius 1 is 1.31 bits per heavy atom. The first kappa shape index (κ1) is 10.2. The molecule has 16 heavy (non-hydrogen) atoms. The first-order valence-corrected chi connectivity index (χ1v) is 5.64. The molecule has 2 fully saturated rings. The lowest BCUT2D eigenvalue weighted by Gasteiger charge is -2.50. The zero-order valence-electron chi connectivity index (χ0n) is 9.00. The minimum absolute atomic E-state index is 0.0382. The van der Waals surface area contributed by atoms with E-state index in [1.165, 1.54) is 6.07 Å². The molecule has 0 radical (unpaired) electrons. The van der Waals surface area contributed by atoms with Gasteiger partial charge >= 0.3 is 0 Å². The number of hydrogen-bond acceptors (Lipinski definition) is 3. The van der Waals surface area contributed by atoms with E-state index in [4.69, 9.17) is 4.74 Å². The topological polar surface area (TPSA) is 33.3 Å². The van der Waals surface area contributed by atoms with E-state index in [1.54, 1.807) is 6.07 Å². The van der Waals surface area contributed by atoms with Crippen LogP contribution in [0.15, 0.2) is 24.3 Å². The second-order valence-electron chi connectivity index (χ2n) is 4.43. The van der Waals surface area contributed by atoms with E-state index in [2.05, 4.69) is 10.6 Å². The molecule has 3 rings (SSSR count). The minimum atomic E-state index is -0.250. The van der Waals surface area contributed by atoms with Crippen molar-refractivity contribution in [3.63, 3.8) is 0 Å². The Hall–Kier alpha value is -0.970. The Morgan fingerprint density at radius 3 is 2.81 bits per heavy atom. The van der Waals surface area contributed by atoms with Crippen molar-refractivity contribution in [1.82, 2.24) is 10.6 Å². The fourth-order valence-electron chi connectivity index (χ4n) is 2.51. The van der Waals surface area contributed by atoms with Crippen LogP contribution in [-0.4, -0.2) is 31.8 Å². The molecule has 3 nitrogen and oxygen atoms in total. The van der Waals surface area contributed by atoms with Crippen molar-refractivity contribution < 1.29 is 9.13 Å². The third-order valence-corrected chi connectivity index (χ3v) is 3.43. The van der Waals surface area contributed by atoms with Gasteiger partial charge in [0, 0.05) is 25.2 Å². The lowest BCUT2D eigenvalue weighted by molar-refractivity contribution is -0.129. The van der Waals surface area contributed by atoms with Gasteiger partial charge in [-0.25, -0.2) is 4.39 Å². The van der Waals surface area contributed by atoms with Crippen LogP contribution in [0.4, 0.5) is 4.39 Å². The quantitative estimate of drug-likeness (QED) is 0.738. The normalized spacial score (nSPS) is 27.7. The van der Waals surface area contributed by atoms with Crippen LogP contribution in [0.5, 0.6) is 0 Å². The van der Waals surface area contributed by atoms with Gasteiger partial charge in [-0.1, -0.05) is 18.2 Å². The summed E-state index contributed by atoms with van der Waals surface area (Å²) in [5, 5.41) is 6.57. The third-order valence-electron chi connectivity index (χ3n) is 3.43. The summed E-state index contributed by atoms with van der Waals surface area (Å²) >= 11 is 0. The maximum absolute atomic E-state index is 13.8. The maximum atomic E-state index is 13.8. The molecule has 1 aromatic carbocycles. The number of ether oxygens (including phenoxy) is 1. The molecule has 2 heterocycles. The standard InChI is InChI=1S/C12H15FN2O/c13-10-4-2-1-3-9(10)11-12(7-14-8-12)16-6-5-15-11/h1-4,11,14-15H,5-8H2. The summed E-state index contributed by atoms with van der Waals surface area (Å²) in [4.78, 5) is 0. The first-order chi connectivity index (χ1) is 7.82. The zero-order chi connectivity index (χ0) is 11.0. The number of morpholine rings is 1. The lowest BCUT2D eigenvalue weighted by atomic mass is 9.82. The van der Waals surface area contributed by atoms with E-state index in [0.717, 1.165) is 19.6 Å². The SMILES string of the molecule is Fc1ccccc1C1NCCOC12CNC2. The molecule has 1 aromatic rings. The van der Waals surface area contributed by atoms with E-state index < -0.39 is 0 Å². The van der Waals surface area contributed by atoms with Crippen LogP contribution in [-0.2, 0) is 4.74 Å². The Bertz CT molecular complexity index is 392. The number of rotatable bonds is 1. The van der Waals surface area contributed by atoms with Crippen LogP contribution in [0.25, 0.3) is 0 Å². The molecule has 2 saturated heterocycles. The fraction of sp³-hybridized carbons (Fsp3) is 0.500. The molecular weight excluding hydrogens is 207 g/mol. The van der Waals surface area contributed by atoms with Gasteiger partial charge in [0.25, 0.3) is 0 Å². The van der Waals surface area contributed by atoms with E-state index in [0.29, 0.717) is 12.2 Å². The zero-order valence-corrected chi connectivity index (χ0v) is 9.00. The molecule has 0 aromatic heterocycles. The summed E-state index contributed by atoms with van der Waals surface area (Å²) in [5.41, 5.74) is 0.462. The van der Waals surface area contributed by atoms with E-state index in [1.807, 2.05) is 12.1 Å². The molecule has 2 aliphatic rings. The molecule has 86 valence electrons. The molecular formula is C12H15FN2O. The van der Waals surface area contributed by atoms with Crippen LogP contribution in [0.2, 0.25) is 0 Å². The van der Waals surface area contributed by atoms with Crippen molar-refractivity contribution in [2.24, 2.45) is 0 Å².